The summed E-state index contributed by atoms with van der Waals surface area (Å²) in [4.78, 5) is 12.7. The molecule has 2 rings (SSSR count). The van der Waals surface area contributed by atoms with Gasteiger partial charge in [0.25, 0.3) is 0 Å². The molecule has 0 radical (unpaired) electrons. The standard InChI is InChI=1S/C25H40ClN5O2S/c1-20(2)34(32,33)24-22-23(29-25(26)30-24)28-21(3)31(22)19-17-15-13-11-9-7-5-4-6-8-10-12-14-16-18-27/h20H,4-17,19H2,1-3H3. The molecule has 0 atom stereocenters. The van der Waals surface area contributed by atoms with Crippen molar-refractivity contribution in [2.24, 2.45) is 0 Å². The van der Waals surface area contributed by atoms with Gasteiger partial charge in [0.15, 0.2) is 20.5 Å². The van der Waals surface area contributed by atoms with Gasteiger partial charge < -0.3 is 4.57 Å². The Morgan fingerprint density at radius 2 is 1.35 bits per heavy atom. The van der Waals surface area contributed by atoms with Crippen LogP contribution in [-0.4, -0.2) is 33.2 Å². The molecule has 0 aromatic carbocycles. The second-order valence-electron chi connectivity index (χ2n) is 9.38. The van der Waals surface area contributed by atoms with Crippen LogP contribution in [0.5, 0.6) is 0 Å². The van der Waals surface area contributed by atoms with Gasteiger partial charge in [-0.25, -0.2) is 18.4 Å². The molecule has 0 saturated heterocycles. The molecule has 0 bridgehead atoms. The maximum absolute atomic E-state index is 12.9. The quantitative estimate of drug-likeness (QED) is 0.130. The Balaban J connectivity index is 1.72. The molecule has 0 amide bonds. The van der Waals surface area contributed by atoms with Crippen molar-refractivity contribution in [2.75, 3.05) is 0 Å². The number of halogens is 1. The van der Waals surface area contributed by atoms with Crippen LogP contribution < -0.4 is 0 Å². The topological polar surface area (TPSA) is 102 Å². The smallest absolute Gasteiger partial charge is 0.225 e. The molecule has 34 heavy (non-hydrogen) atoms. The molecule has 2 heterocycles. The van der Waals surface area contributed by atoms with Crippen LogP contribution in [0.1, 0.15) is 110 Å². The van der Waals surface area contributed by atoms with Gasteiger partial charge in [0.05, 0.1) is 11.3 Å². The van der Waals surface area contributed by atoms with Gasteiger partial charge in [-0.3, -0.25) is 0 Å². The van der Waals surface area contributed by atoms with E-state index in [1.54, 1.807) is 13.8 Å². The van der Waals surface area contributed by atoms with Gasteiger partial charge in [0.2, 0.25) is 5.28 Å². The number of unbranched alkanes of at least 4 members (excludes halogenated alkanes) is 13. The summed E-state index contributed by atoms with van der Waals surface area (Å²) in [6, 6.07) is 2.21. The number of nitrogens with zero attached hydrogens (tertiary/aromatic N) is 5. The minimum absolute atomic E-state index is 0.0136. The SMILES string of the molecule is Cc1nc2nc(Cl)nc(S(=O)(=O)C(C)C)c2n1CCCCCCCCCCCCCCCC#N. The number of hydrogen-bond donors (Lipinski definition) is 0. The number of hydrogen-bond acceptors (Lipinski definition) is 6. The van der Waals surface area contributed by atoms with Crippen LogP contribution in [0.4, 0.5) is 0 Å². The highest BCUT2D eigenvalue weighted by molar-refractivity contribution is 7.92. The molecule has 0 aliphatic heterocycles. The van der Waals surface area contributed by atoms with E-state index < -0.39 is 15.1 Å². The number of imidazole rings is 1. The number of nitriles is 1. The molecule has 9 heteroatoms. The van der Waals surface area contributed by atoms with Gasteiger partial charge in [0, 0.05) is 13.0 Å². The zero-order chi connectivity index (χ0) is 25.0. The van der Waals surface area contributed by atoms with Gasteiger partial charge in [-0.2, -0.15) is 10.2 Å². The maximum Gasteiger partial charge on any atom is 0.225 e. The van der Waals surface area contributed by atoms with Crippen LogP contribution in [0.15, 0.2) is 5.03 Å². The molecular weight excluding hydrogens is 470 g/mol. The summed E-state index contributed by atoms with van der Waals surface area (Å²) in [7, 11) is -3.60. The summed E-state index contributed by atoms with van der Waals surface area (Å²) in [5.74, 6) is 0.733. The second kappa shape index (κ2) is 14.6. The summed E-state index contributed by atoms with van der Waals surface area (Å²) in [6.45, 7) is 5.85. The Morgan fingerprint density at radius 1 is 0.853 bits per heavy atom. The van der Waals surface area contributed by atoms with Crippen LogP contribution in [-0.2, 0) is 16.4 Å². The van der Waals surface area contributed by atoms with Crippen molar-refractivity contribution < 1.29 is 8.42 Å². The number of rotatable bonds is 17. The van der Waals surface area contributed by atoms with E-state index in [0.29, 0.717) is 24.1 Å². The molecular formula is C25H40ClN5O2S. The number of sulfone groups is 1. The molecule has 0 spiro atoms. The summed E-state index contributed by atoms with van der Waals surface area (Å²) in [6.07, 6.45) is 16.5. The van der Waals surface area contributed by atoms with Crippen LogP contribution in [0, 0.1) is 18.3 Å². The summed E-state index contributed by atoms with van der Waals surface area (Å²) in [5, 5.41) is 7.83. The minimum atomic E-state index is -3.60. The Morgan fingerprint density at radius 3 is 1.85 bits per heavy atom. The third-order valence-electron chi connectivity index (χ3n) is 6.29. The van der Waals surface area contributed by atoms with E-state index in [9.17, 15) is 8.42 Å². The first kappa shape index (κ1) is 28.5. The number of aromatic nitrogens is 4. The molecule has 0 N–H and O–H groups in total. The maximum atomic E-state index is 12.9. The average molecular weight is 510 g/mol. The van der Waals surface area contributed by atoms with E-state index >= 15 is 0 Å². The molecule has 190 valence electrons. The summed E-state index contributed by atoms with van der Waals surface area (Å²) < 4.78 is 27.7. The van der Waals surface area contributed by atoms with E-state index in [4.69, 9.17) is 16.9 Å². The van der Waals surface area contributed by atoms with Crippen molar-refractivity contribution in [2.45, 2.75) is 127 Å². The predicted molar refractivity (Wildman–Crippen MR) is 138 cm³/mol. The Labute approximate surface area is 210 Å². The average Bonchev–Trinajstić information content (AvgIpc) is 3.10. The zero-order valence-electron chi connectivity index (χ0n) is 21.0. The Kier molecular flexibility index (Phi) is 12.3. The first-order chi connectivity index (χ1) is 16.3. The van der Waals surface area contributed by atoms with Crippen molar-refractivity contribution in [1.29, 1.82) is 5.26 Å². The van der Waals surface area contributed by atoms with Crippen LogP contribution in [0.25, 0.3) is 11.2 Å². The fraction of sp³-hybridized carbons (Fsp3) is 0.760. The van der Waals surface area contributed by atoms with Gasteiger partial charge >= 0.3 is 0 Å². The first-order valence-electron chi connectivity index (χ1n) is 12.8. The van der Waals surface area contributed by atoms with Crippen LogP contribution >= 0.6 is 11.6 Å². The van der Waals surface area contributed by atoms with E-state index in [1.165, 1.54) is 64.2 Å². The monoisotopic (exact) mass is 509 g/mol. The Hall–Kier alpha value is -1.72. The van der Waals surface area contributed by atoms with Crippen molar-refractivity contribution in [3.63, 3.8) is 0 Å². The molecule has 0 aliphatic rings. The summed E-state index contributed by atoms with van der Waals surface area (Å²) in [5.41, 5.74) is 0.819. The molecule has 0 saturated carbocycles. The number of aryl methyl sites for hydroxylation is 2. The number of fused-ring (bicyclic) bond motifs is 1. The largest absolute Gasteiger partial charge is 0.324 e. The van der Waals surface area contributed by atoms with Crippen LogP contribution in [0.2, 0.25) is 5.28 Å². The van der Waals surface area contributed by atoms with Gasteiger partial charge in [0.1, 0.15) is 11.3 Å². The van der Waals surface area contributed by atoms with E-state index in [-0.39, 0.29) is 10.3 Å². The third-order valence-corrected chi connectivity index (χ3v) is 8.53. The lowest BCUT2D eigenvalue weighted by Gasteiger charge is -2.12. The highest BCUT2D eigenvalue weighted by Gasteiger charge is 2.28. The molecule has 0 aliphatic carbocycles. The van der Waals surface area contributed by atoms with Crippen molar-refractivity contribution in [1.82, 2.24) is 19.5 Å². The van der Waals surface area contributed by atoms with E-state index in [2.05, 4.69) is 21.0 Å². The molecule has 7 nitrogen and oxygen atoms in total. The van der Waals surface area contributed by atoms with Crippen molar-refractivity contribution in [3.05, 3.63) is 11.1 Å². The second-order valence-corrected chi connectivity index (χ2v) is 12.1. The van der Waals surface area contributed by atoms with Crippen molar-refractivity contribution >= 4 is 32.6 Å². The fourth-order valence-electron chi connectivity index (χ4n) is 4.20. The molecule has 2 aromatic heterocycles. The fourth-order valence-corrected chi connectivity index (χ4v) is 5.55. The lowest BCUT2D eigenvalue weighted by molar-refractivity contribution is 0.524. The lowest BCUT2D eigenvalue weighted by atomic mass is 10.0. The van der Waals surface area contributed by atoms with Gasteiger partial charge in [-0.05, 0) is 45.2 Å². The van der Waals surface area contributed by atoms with Crippen LogP contribution in [0.3, 0.4) is 0 Å². The lowest BCUT2D eigenvalue weighted by Crippen LogP contribution is -2.18. The zero-order valence-corrected chi connectivity index (χ0v) is 22.6. The third kappa shape index (κ3) is 8.49. The highest BCUT2D eigenvalue weighted by atomic mass is 35.5. The van der Waals surface area contributed by atoms with Gasteiger partial charge in [-0.15, -0.1) is 0 Å². The molecule has 0 unspecified atom stereocenters. The van der Waals surface area contributed by atoms with E-state index in [0.717, 1.165) is 25.1 Å². The summed E-state index contributed by atoms with van der Waals surface area (Å²) >= 11 is 6.00. The van der Waals surface area contributed by atoms with Crippen molar-refractivity contribution in [3.8, 4) is 6.07 Å². The highest BCUT2D eigenvalue weighted by Crippen LogP contribution is 2.26. The van der Waals surface area contributed by atoms with Gasteiger partial charge in [-0.1, -0.05) is 70.6 Å². The minimum Gasteiger partial charge on any atom is -0.324 e. The first-order valence-corrected chi connectivity index (χ1v) is 14.7. The molecule has 2 aromatic rings. The molecule has 0 fully saturated rings. The van der Waals surface area contributed by atoms with E-state index in [1.807, 2.05) is 11.5 Å². The normalized spacial score (nSPS) is 12.0. The Bertz CT molecular complexity index is 1040. The predicted octanol–water partition coefficient (Wildman–Crippen LogP) is 6.96.